The fraction of sp³-hybridized carbons (Fsp3) is 0.571. The molecule has 0 aliphatic heterocycles. The first-order valence-electron chi connectivity index (χ1n) is 6.88. The molecule has 0 saturated heterocycles. The molecule has 2 aromatic heterocycles. The second-order valence-electron chi connectivity index (χ2n) is 5.45. The fourth-order valence-corrected chi connectivity index (χ4v) is 3.94. The van der Waals surface area contributed by atoms with Crippen LogP contribution < -0.4 is 5.73 Å². The van der Waals surface area contributed by atoms with E-state index < -0.39 is 0 Å². The normalized spacial score (nSPS) is 15.8. The highest BCUT2D eigenvalue weighted by molar-refractivity contribution is 7.16. The average Bonchev–Trinajstić information content (AvgIpc) is 3.05. The predicted molar refractivity (Wildman–Crippen MR) is 78.6 cm³/mol. The minimum atomic E-state index is -0.152. The number of nitrogens with zero attached hydrogens (tertiary/aromatic N) is 2. The maximum Gasteiger partial charge on any atom is 0.261 e. The van der Waals surface area contributed by atoms with Crippen molar-refractivity contribution in [1.29, 1.82) is 0 Å². The summed E-state index contributed by atoms with van der Waals surface area (Å²) in [5, 5.41) is 4.85. The van der Waals surface area contributed by atoms with E-state index in [0.29, 0.717) is 11.7 Å². The maximum absolute atomic E-state index is 6.12. The zero-order valence-corrected chi connectivity index (χ0v) is 12.8. The number of aromatic nitrogens is 2. The van der Waals surface area contributed by atoms with Gasteiger partial charge in [0.25, 0.3) is 5.89 Å². The van der Waals surface area contributed by atoms with E-state index in [1.54, 1.807) is 18.4 Å². The van der Waals surface area contributed by atoms with Crippen LogP contribution in [0.3, 0.4) is 0 Å². The summed E-state index contributed by atoms with van der Waals surface area (Å²) in [6.45, 7) is 4.14. The lowest BCUT2D eigenvalue weighted by atomic mass is 10.1. The van der Waals surface area contributed by atoms with Gasteiger partial charge in [0.1, 0.15) is 6.10 Å². The zero-order valence-electron chi connectivity index (χ0n) is 12.0. The lowest BCUT2D eigenvalue weighted by Gasteiger charge is -2.14. The van der Waals surface area contributed by atoms with Crippen LogP contribution in [0.2, 0.25) is 0 Å². The van der Waals surface area contributed by atoms with Crippen molar-refractivity contribution in [1.82, 2.24) is 10.1 Å². The Kier molecular flexibility index (Phi) is 3.52. The van der Waals surface area contributed by atoms with Crippen molar-refractivity contribution in [3.63, 3.8) is 0 Å². The first-order chi connectivity index (χ1) is 9.61. The maximum atomic E-state index is 6.12. The minimum Gasteiger partial charge on any atom is -0.390 e. The third kappa shape index (κ3) is 2.13. The summed E-state index contributed by atoms with van der Waals surface area (Å²) in [5.41, 5.74) is 8.36. The number of hydrogen-bond donors (Lipinski definition) is 1. The van der Waals surface area contributed by atoms with Gasteiger partial charge in [-0.15, -0.1) is 11.3 Å². The Bertz CT molecular complexity index is 618. The van der Waals surface area contributed by atoms with Crippen LogP contribution in [0.5, 0.6) is 0 Å². The van der Waals surface area contributed by atoms with Crippen LogP contribution in [0.4, 0.5) is 5.00 Å². The molecule has 2 heterocycles. The van der Waals surface area contributed by atoms with Gasteiger partial charge in [-0.3, -0.25) is 0 Å². The molecule has 0 radical (unpaired) electrons. The number of rotatable bonds is 4. The molecule has 5 nitrogen and oxygen atoms in total. The topological polar surface area (TPSA) is 74.2 Å². The highest BCUT2D eigenvalue weighted by Crippen LogP contribution is 2.43. The number of methoxy groups -OCH3 is 1. The van der Waals surface area contributed by atoms with Crippen LogP contribution >= 0.6 is 11.3 Å². The molecule has 2 aromatic rings. The van der Waals surface area contributed by atoms with Crippen LogP contribution in [0.15, 0.2) is 4.52 Å². The highest BCUT2D eigenvalue weighted by atomic mass is 32.1. The summed E-state index contributed by atoms with van der Waals surface area (Å²) in [6.07, 6.45) is 3.19. The van der Waals surface area contributed by atoms with Crippen LogP contribution in [-0.4, -0.2) is 17.3 Å². The number of thiophene rings is 1. The molecule has 3 rings (SSSR count). The lowest BCUT2D eigenvalue weighted by molar-refractivity contribution is 0.0556. The van der Waals surface area contributed by atoms with Gasteiger partial charge >= 0.3 is 0 Å². The summed E-state index contributed by atoms with van der Waals surface area (Å²) >= 11 is 1.65. The molecular formula is C14H19N3O2S. The molecule has 0 amide bonds. The van der Waals surface area contributed by atoms with Crippen molar-refractivity contribution in [2.45, 2.75) is 39.2 Å². The molecule has 1 aliphatic rings. The molecule has 0 bridgehead atoms. The van der Waals surface area contributed by atoms with Crippen molar-refractivity contribution in [3.05, 3.63) is 16.3 Å². The van der Waals surface area contributed by atoms with Gasteiger partial charge in [0.2, 0.25) is 5.82 Å². The molecule has 1 atom stereocenters. The van der Waals surface area contributed by atoms with Gasteiger partial charge in [-0.1, -0.05) is 19.0 Å². The van der Waals surface area contributed by atoms with Gasteiger partial charge in [-0.05, 0) is 30.7 Å². The van der Waals surface area contributed by atoms with Crippen LogP contribution in [0, 0.1) is 5.92 Å². The Labute approximate surface area is 122 Å². The van der Waals surface area contributed by atoms with Crippen molar-refractivity contribution >= 4 is 16.3 Å². The van der Waals surface area contributed by atoms with Crippen LogP contribution in [-0.2, 0) is 17.6 Å². The summed E-state index contributed by atoms with van der Waals surface area (Å²) in [7, 11) is 1.66. The minimum absolute atomic E-state index is 0.152. The van der Waals surface area contributed by atoms with E-state index >= 15 is 0 Å². The summed E-state index contributed by atoms with van der Waals surface area (Å²) in [6, 6.07) is 0. The molecule has 20 heavy (non-hydrogen) atoms. The molecule has 1 unspecified atom stereocenters. The molecule has 2 N–H and O–H groups in total. The van der Waals surface area contributed by atoms with E-state index in [4.69, 9.17) is 15.0 Å². The van der Waals surface area contributed by atoms with Crippen molar-refractivity contribution in [2.75, 3.05) is 12.8 Å². The van der Waals surface area contributed by atoms with Gasteiger partial charge < -0.3 is 15.0 Å². The molecule has 6 heteroatoms. The van der Waals surface area contributed by atoms with Crippen molar-refractivity contribution in [3.8, 4) is 11.5 Å². The smallest absolute Gasteiger partial charge is 0.261 e. The Morgan fingerprint density at radius 2 is 2.15 bits per heavy atom. The van der Waals surface area contributed by atoms with E-state index in [-0.39, 0.29) is 12.0 Å². The second-order valence-corrected chi connectivity index (χ2v) is 6.59. The molecular weight excluding hydrogens is 274 g/mol. The number of fused-ring (bicyclic) bond motifs is 1. The molecule has 1 aliphatic carbocycles. The highest BCUT2D eigenvalue weighted by Gasteiger charge is 2.27. The Morgan fingerprint density at radius 1 is 1.35 bits per heavy atom. The van der Waals surface area contributed by atoms with E-state index in [9.17, 15) is 0 Å². The molecule has 0 spiro atoms. The summed E-state index contributed by atoms with van der Waals surface area (Å²) in [5.74, 6) is 1.41. The molecule has 108 valence electrons. The van der Waals surface area contributed by atoms with E-state index in [1.807, 2.05) is 0 Å². The SMILES string of the molecule is COC(c1noc(-c2c(N)sc3c2CCC3)n1)C(C)C. The van der Waals surface area contributed by atoms with Crippen LogP contribution in [0.25, 0.3) is 11.5 Å². The Balaban J connectivity index is 1.98. The van der Waals surface area contributed by atoms with E-state index in [1.165, 1.54) is 16.9 Å². The van der Waals surface area contributed by atoms with Crippen molar-refractivity contribution < 1.29 is 9.26 Å². The number of nitrogens with two attached hydrogens (primary N) is 1. The van der Waals surface area contributed by atoms with Crippen molar-refractivity contribution in [2.24, 2.45) is 5.92 Å². The number of hydrogen-bond acceptors (Lipinski definition) is 6. The van der Waals surface area contributed by atoms with Gasteiger partial charge in [0.05, 0.1) is 10.6 Å². The third-order valence-corrected chi connectivity index (χ3v) is 4.84. The number of anilines is 1. The van der Waals surface area contributed by atoms with Gasteiger partial charge in [-0.2, -0.15) is 4.98 Å². The van der Waals surface area contributed by atoms with E-state index in [0.717, 1.165) is 23.4 Å². The van der Waals surface area contributed by atoms with E-state index in [2.05, 4.69) is 24.0 Å². The van der Waals surface area contributed by atoms with Crippen LogP contribution in [0.1, 0.15) is 42.6 Å². The fourth-order valence-electron chi connectivity index (χ4n) is 2.79. The largest absolute Gasteiger partial charge is 0.390 e. The quantitative estimate of drug-likeness (QED) is 0.937. The number of nitrogen functional groups attached to an aromatic ring is 1. The Hall–Kier alpha value is -1.40. The number of ether oxygens (including phenoxy) is 1. The molecule has 0 fully saturated rings. The summed E-state index contributed by atoms with van der Waals surface area (Å²) < 4.78 is 10.9. The Morgan fingerprint density at radius 3 is 2.85 bits per heavy atom. The second kappa shape index (κ2) is 5.18. The van der Waals surface area contributed by atoms with Gasteiger partial charge in [-0.25, -0.2) is 0 Å². The predicted octanol–water partition coefficient (Wildman–Crippen LogP) is 3.21. The molecule has 0 aromatic carbocycles. The number of aryl methyl sites for hydroxylation is 1. The third-order valence-electron chi connectivity index (χ3n) is 3.72. The first kappa shape index (κ1) is 13.6. The van der Waals surface area contributed by atoms with Gasteiger partial charge in [0, 0.05) is 12.0 Å². The lowest BCUT2D eigenvalue weighted by Crippen LogP contribution is -2.10. The monoisotopic (exact) mass is 293 g/mol. The standard InChI is InChI=1S/C14H19N3O2S/c1-7(2)11(18-3)13-16-14(19-17-13)10-8-5-4-6-9(8)20-12(10)15/h7,11H,4-6,15H2,1-3H3. The zero-order chi connectivity index (χ0) is 14.3. The molecule has 0 saturated carbocycles. The van der Waals surface area contributed by atoms with Gasteiger partial charge in [0.15, 0.2) is 0 Å². The average molecular weight is 293 g/mol. The summed E-state index contributed by atoms with van der Waals surface area (Å²) in [4.78, 5) is 5.87. The first-order valence-corrected chi connectivity index (χ1v) is 7.70.